The Balaban J connectivity index is 2.01. The fourth-order valence-corrected chi connectivity index (χ4v) is 1.11. The van der Waals surface area contributed by atoms with Crippen LogP contribution >= 0.6 is 0 Å². The van der Waals surface area contributed by atoms with Gasteiger partial charge in [-0.05, 0) is 6.07 Å². The summed E-state index contributed by atoms with van der Waals surface area (Å²) in [6.07, 6.45) is 1.62. The van der Waals surface area contributed by atoms with Crippen LogP contribution in [0.15, 0.2) is 18.3 Å². The maximum absolute atomic E-state index is 10.7. The van der Waals surface area contributed by atoms with Crippen LogP contribution in [0, 0.1) is 0 Å². The number of ether oxygens (including phenoxy) is 1. The maximum atomic E-state index is 10.7. The first-order valence-corrected chi connectivity index (χ1v) is 4.39. The van der Waals surface area contributed by atoms with E-state index in [0.717, 1.165) is 13.1 Å². The molecule has 5 heteroatoms. The lowest BCUT2D eigenvalue weighted by Crippen LogP contribution is -2.50. The van der Waals surface area contributed by atoms with Crippen LogP contribution in [0.5, 0.6) is 5.88 Å². The van der Waals surface area contributed by atoms with Crippen molar-refractivity contribution < 1.29 is 9.53 Å². The van der Waals surface area contributed by atoms with Crippen molar-refractivity contribution in [3.8, 4) is 5.88 Å². The number of rotatable bonds is 3. The number of amides is 1. The minimum atomic E-state index is -0.477. The Labute approximate surface area is 81.3 Å². The zero-order chi connectivity index (χ0) is 9.97. The van der Waals surface area contributed by atoms with E-state index in [4.69, 9.17) is 10.5 Å². The molecule has 0 spiro atoms. The molecule has 1 amide bonds. The molecule has 3 N–H and O–H groups in total. The summed E-state index contributed by atoms with van der Waals surface area (Å²) < 4.78 is 5.46. The molecule has 0 atom stereocenters. The van der Waals surface area contributed by atoms with E-state index in [1.54, 1.807) is 12.1 Å². The van der Waals surface area contributed by atoms with E-state index < -0.39 is 5.91 Å². The predicted octanol–water partition coefficient (Wildman–Crippen LogP) is -0.469. The van der Waals surface area contributed by atoms with Crippen LogP contribution in [-0.4, -0.2) is 30.1 Å². The number of pyridine rings is 1. The summed E-state index contributed by atoms with van der Waals surface area (Å²) in [4.78, 5) is 14.7. The van der Waals surface area contributed by atoms with E-state index >= 15 is 0 Å². The van der Waals surface area contributed by atoms with Crippen LogP contribution in [0.3, 0.4) is 0 Å². The normalized spacial score (nSPS) is 16.0. The van der Waals surface area contributed by atoms with E-state index in [9.17, 15) is 4.79 Å². The van der Waals surface area contributed by atoms with Crippen LogP contribution < -0.4 is 15.8 Å². The highest BCUT2D eigenvalue weighted by molar-refractivity contribution is 5.92. The van der Waals surface area contributed by atoms with Crippen molar-refractivity contribution in [1.82, 2.24) is 10.3 Å². The van der Waals surface area contributed by atoms with Gasteiger partial charge in [-0.3, -0.25) is 4.79 Å². The molecule has 74 valence electrons. The van der Waals surface area contributed by atoms with Gasteiger partial charge in [-0.25, -0.2) is 4.98 Å². The third-order valence-corrected chi connectivity index (χ3v) is 2.05. The Morgan fingerprint density at radius 2 is 2.36 bits per heavy atom. The van der Waals surface area contributed by atoms with E-state index in [1.807, 2.05) is 0 Å². The molecule has 1 saturated heterocycles. The molecule has 1 aliphatic rings. The molecule has 0 aromatic carbocycles. The van der Waals surface area contributed by atoms with Crippen molar-refractivity contribution in [3.63, 3.8) is 0 Å². The van der Waals surface area contributed by atoms with E-state index in [0.29, 0.717) is 11.4 Å². The fourth-order valence-electron chi connectivity index (χ4n) is 1.11. The van der Waals surface area contributed by atoms with Crippen LogP contribution in [-0.2, 0) is 0 Å². The first kappa shape index (κ1) is 8.96. The van der Waals surface area contributed by atoms with Crippen molar-refractivity contribution in [2.24, 2.45) is 5.73 Å². The van der Waals surface area contributed by atoms with Crippen molar-refractivity contribution in [3.05, 3.63) is 23.9 Å². The molecule has 1 fully saturated rings. The summed E-state index contributed by atoms with van der Waals surface area (Å²) >= 11 is 0. The Morgan fingerprint density at radius 3 is 2.79 bits per heavy atom. The molecular formula is C9H11N3O2. The second kappa shape index (κ2) is 3.63. The van der Waals surface area contributed by atoms with Crippen LogP contribution in [0.1, 0.15) is 10.4 Å². The highest BCUT2D eigenvalue weighted by Gasteiger charge is 2.18. The summed E-state index contributed by atoms with van der Waals surface area (Å²) in [6.45, 7) is 1.69. The lowest BCUT2D eigenvalue weighted by atomic mass is 10.2. The fraction of sp³-hybridized carbons (Fsp3) is 0.333. The van der Waals surface area contributed by atoms with Gasteiger partial charge in [0.1, 0.15) is 6.10 Å². The largest absolute Gasteiger partial charge is 0.472 e. The van der Waals surface area contributed by atoms with Crippen LogP contribution in [0.4, 0.5) is 0 Å². The molecule has 1 aliphatic heterocycles. The maximum Gasteiger partial charge on any atom is 0.250 e. The molecule has 0 bridgehead atoms. The topological polar surface area (TPSA) is 77.2 Å². The first-order valence-electron chi connectivity index (χ1n) is 4.39. The minimum Gasteiger partial charge on any atom is -0.472 e. The molecule has 5 nitrogen and oxygen atoms in total. The molecule has 0 unspecified atom stereocenters. The van der Waals surface area contributed by atoms with Gasteiger partial charge in [-0.15, -0.1) is 0 Å². The van der Waals surface area contributed by atoms with Crippen molar-refractivity contribution in [1.29, 1.82) is 0 Å². The van der Waals surface area contributed by atoms with Gasteiger partial charge < -0.3 is 15.8 Å². The van der Waals surface area contributed by atoms with E-state index in [1.165, 1.54) is 6.20 Å². The smallest absolute Gasteiger partial charge is 0.250 e. The lowest BCUT2D eigenvalue weighted by molar-refractivity contribution is 0.0999. The first-order chi connectivity index (χ1) is 6.75. The molecule has 1 aromatic rings. The predicted molar refractivity (Wildman–Crippen MR) is 50.0 cm³/mol. The second-order valence-electron chi connectivity index (χ2n) is 3.15. The van der Waals surface area contributed by atoms with Gasteiger partial charge in [0, 0.05) is 25.4 Å². The molecule has 1 aromatic heterocycles. The Bertz CT molecular complexity index is 332. The SMILES string of the molecule is NC(=O)c1ccc(OC2CNC2)nc1. The Kier molecular flexibility index (Phi) is 2.32. The number of hydrogen-bond acceptors (Lipinski definition) is 4. The van der Waals surface area contributed by atoms with Gasteiger partial charge in [-0.2, -0.15) is 0 Å². The second-order valence-corrected chi connectivity index (χ2v) is 3.15. The minimum absolute atomic E-state index is 0.196. The molecule has 2 heterocycles. The van der Waals surface area contributed by atoms with Crippen LogP contribution in [0.2, 0.25) is 0 Å². The number of primary amides is 1. The number of nitrogens with two attached hydrogens (primary N) is 1. The van der Waals surface area contributed by atoms with Crippen LogP contribution in [0.25, 0.3) is 0 Å². The van der Waals surface area contributed by atoms with Crippen molar-refractivity contribution >= 4 is 5.91 Å². The van der Waals surface area contributed by atoms with Gasteiger partial charge in [0.05, 0.1) is 5.56 Å². The summed E-state index contributed by atoms with van der Waals surface area (Å²) in [5.41, 5.74) is 5.47. The molecule has 0 aliphatic carbocycles. The molecule has 14 heavy (non-hydrogen) atoms. The Morgan fingerprint density at radius 1 is 1.57 bits per heavy atom. The number of nitrogens with zero attached hydrogens (tertiary/aromatic N) is 1. The highest BCUT2D eigenvalue weighted by atomic mass is 16.5. The summed E-state index contributed by atoms with van der Waals surface area (Å²) in [6, 6.07) is 3.26. The molecular weight excluding hydrogens is 182 g/mol. The Hall–Kier alpha value is -1.62. The monoisotopic (exact) mass is 193 g/mol. The lowest BCUT2D eigenvalue weighted by Gasteiger charge is -2.27. The molecule has 0 radical (unpaired) electrons. The summed E-state index contributed by atoms with van der Waals surface area (Å²) in [7, 11) is 0. The van der Waals surface area contributed by atoms with Gasteiger partial charge >= 0.3 is 0 Å². The average molecular weight is 193 g/mol. The zero-order valence-corrected chi connectivity index (χ0v) is 7.56. The number of nitrogens with one attached hydrogen (secondary N) is 1. The number of carbonyl (C=O) groups is 1. The summed E-state index contributed by atoms with van der Waals surface area (Å²) in [5, 5.41) is 3.08. The molecule has 0 saturated carbocycles. The highest BCUT2D eigenvalue weighted by Crippen LogP contribution is 2.10. The quantitative estimate of drug-likeness (QED) is 0.680. The number of aromatic nitrogens is 1. The van der Waals surface area contributed by atoms with Gasteiger partial charge in [0.2, 0.25) is 11.8 Å². The van der Waals surface area contributed by atoms with E-state index in [-0.39, 0.29) is 6.10 Å². The van der Waals surface area contributed by atoms with Gasteiger partial charge in [-0.1, -0.05) is 0 Å². The summed E-state index contributed by atoms with van der Waals surface area (Å²) in [5.74, 6) is 0.0517. The third-order valence-electron chi connectivity index (χ3n) is 2.05. The van der Waals surface area contributed by atoms with E-state index in [2.05, 4.69) is 10.3 Å². The zero-order valence-electron chi connectivity index (χ0n) is 7.56. The number of hydrogen-bond donors (Lipinski definition) is 2. The standard InChI is InChI=1S/C9H11N3O2/c10-9(13)6-1-2-8(12-3-6)14-7-4-11-5-7/h1-3,7,11H,4-5H2,(H2,10,13). The van der Waals surface area contributed by atoms with Crippen molar-refractivity contribution in [2.75, 3.05) is 13.1 Å². The van der Waals surface area contributed by atoms with Crippen molar-refractivity contribution in [2.45, 2.75) is 6.10 Å². The molecule has 2 rings (SSSR count). The number of carbonyl (C=O) groups excluding carboxylic acids is 1. The van der Waals surface area contributed by atoms with Gasteiger partial charge in [0.15, 0.2) is 0 Å². The third kappa shape index (κ3) is 1.82. The van der Waals surface area contributed by atoms with Gasteiger partial charge in [0.25, 0.3) is 0 Å². The average Bonchev–Trinajstić information content (AvgIpc) is 2.12.